The molecule has 0 bridgehead atoms. The lowest BCUT2D eigenvalue weighted by Gasteiger charge is -2.33. The number of hydrogen-bond donors (Lipinski definition) is 1. The number of ether oxygens (including phenoxy) is 1. The Labute approximate surface area is 208 Å². The molecule has 11 heteroatoms. The van der Waals surface area contributed by atoms with Gasteiger partial charge in [-0.3, -0.25) is 4.79 Å². The van der Waals surface area contributed by atoms with Gasteiger partial charge in [-0.05, 0) is 48.2 Å². The number of aryl methyl sites for hydroxylation is 1. The zero-order valence-electron chi connectivity index (χ0n) is 19.5. The molecule has 4 nitrogen and oxygen atoms in total. The average molecular weight is 528 g/mol. The Morgan fingerprint density at radius 2 is 1.59 bits per heavy atom. The van der Waals surface area contributed by atoms with Gasteiger partial charge in [0.05, 0.1) is 5.56 Å². The summed E-state index contributed by atoms with van der Waals surface area (Å²) < 4.78 is 94.9. The van der Waals surface area contributed by atoms with Crippen LogP contribution in [-0.4, -0.2) is 25.9 Å². The third-order valence-corrected chi connectivity index (χ3v) is 5.54. The van der Waals surface area contributed by atoms with E-state index in [2.05, 4.69) is 10.1 Å². The number of anilines is 1. The maximum Gasteiger partial charge on any atom is 0.573 e. The van der Waals surface area contributed by atoms with Crippen molar-refractivity contribution < 1.29 is 40.3 Å². The lowest BCUT2D eigenvalue weighted by Crippen LogP contribution is -2.40. The van der Waals surface area contributed by atoms with E-state index in [1.807, 2.05) is 0 Å². The van der Waals surface area contributed by atoms with E-state index in [1.54, 1.807) is 30.3 Å². The minimum atomic E-state index is -5.13. The Morgan fingerprint density at radius 1 is 0.946 bits per heavy atom. The van der Waals surface area contributed by atoms with Gasteiger partial charge in [-0.15, -0.1) is 13.2 Å². The number of hydrogen-bond acceptors (Lipinski definition) is 3. The number of rotatable bonds is 9. The molecule has 0 aromatic heterocycles. The summed E-state index contributed by atoms with van der Waals surface area (Å²) in [5.74, 6) is -2.76. The SMILES string of the molecule is CNC(=O)[C@@H](c1ccccc1)N(CCCc1ccc(C(F)(F)F)cc1)c1ccc(F)c(OC(F)(F)F)c1. The maximum absolute atomic E-state index is 14.1. The van der Waals surface area contributed by atoms with Gasteiger partial charge in [0, 0.05) is 25.3 Å². The van der Waals surface area contributed by atoms with Gasteiger partial charge in [0.1, 0.15) is 6.04 Å². The van der Waals surface area contributed by atoms with Crippen LogP contribution in [0, 0.1) is 5.82 Å². The molecule has 0 heterocycles. The Balaban J connectivity index is 1.94. The van der Waals surface area contributed by atoms with Gasteiger partial charge >= 0.3 is 12.5 Å². The fraction of sp³-hybridized carbons (Fsp3) is 0.269. The van der Waals surface area contributed by atoms with E-state index in [9.17, 15) is 35.5 Å². The number of halogens is 7. The van der Waals surface area contributed by atoms with Gasteiger partial charge in [0.15, 0.2) is 11.6 Å². The predicted octanol–water partition coefficient (Wildman–Crippen LogP) is 6.67. The second-order valence-electron chi connectivity index (χ2n) is 8.08. The molecule has 0 saturated carbocycles. The van der Waals surface area contributed by atoms with Crippen LogP contribution >= 0.6 is 0 Å². The highest BCUT2D eigenvalue weighted by Gasteiger charge is 2.34. The fourth-order valence-electron chi connectivity index (χ4n) is 3.84. The van der Waals surface area contributed by atoms with Crippen LogP contribution in [0.2, 0.25) is 0 Å². The first-order valence-corrected chi connectivity index (χ1v) is 11.1. The van der Waals surface area contributed by atoms with E-state index < -0.39 is 41.6 Å². The smallest absolute Gasteiger partial charge is 0.403 e. The summed E-state index contributed by atoms with van der Waals surface area (Å²) in [6.07, 6.45) is -8.97. The number of carbonyl (C=O) groups excluding carboxylic acids is 1. The van der Waals surface area contributed by atoms with Crippen LogP contribution in [0.4, 0.5) is 36.4 Å². The van der Waals surface area contributed by atoms with Crippen molar-refractivity contribution in [3.05, 3.63) is 95.3 Å². The van der Waals surface area contributed by atoms with Crippen molar-refractivity contribution in [2.45, 2.75) is 31.4 Å². The van der Waals surface area contributed by atoms with Crippen LogP contribution in [0.15, 0.2) is 72.8 Å². The monoisotopic (exact) mass is 528 g/mol. The molecule has 1 amide bonds. The number of benzene rings is 3. The van der Waals surface area contributed by atoms with Crippen molar-refractivity contribution >= 4 is 11.6 Å². The molecule has 37 heavy (non-hydrogen) atoms. The van der Waals surface area contributed by atoms with Gasteiger partial charge < -0.3 is 15.0 Å². The molecule has 0 aliphatic carbocycles. The van der Waals surface area contributed by atoms with Gasteiger partial charge in [-0.25, -0.2) is 4.39 Å². The topological polar surface area (TPSA) is 41.6 Å². The molecule has 1 N–H and O–H groups in total. The maximum atomic E-state index is 14.1. The van der Waals surface area contributed by atoms with Crippen LogP contribution in [0.3, 0.4) is 0 Å². The Morgan fingerprint density at radius 3 is 2.16 bits per heavy atom. The predicted molar refractivity (Wildman–Crippen MR) is 123 cm³/mol. The van der Waals surface area contributed by atoms with Gasteiger partial charge in [0.25, 0.3) is 0 Å². The van der Waals surface area contributed by atoms with E-state index in [-0.39, 0.29) is 12.2 Å². The van der Waals surface area contributed by atoms with Crippen LogP contribution in [0.5, 0.6) is 5.75 Å². The molecule has 3 rings (SSSR count). The molecule has 1 atom stereocenters. The molecular weight excluding hydrogens is 505 g/mol. The van der Waals surface area contributed by atoms with Gasteiger partial charge in [-0.1, -0.05) is 42.5 Å². The number of likely N-dealkylation sites (N-methyl/N-ethyl adjacent to an activating group) is 1. The Kier molecular flexibility index (Phi) is 8.67. The zero-order valence-corrected chi connectivity index (χ0v) is 19.5. The molecule has 198 valence electrons. The first kappa shape index (κ1) is 27.8. The summed E-state index contributed by atoms with van der Waals surface area (Å²) in [6, 6.07) is 15.0. The minimum Gasteiger partial charge on any atom is -0.403 e. The lowest BCUT2D eigenvalue weighted by atomic mass is 10.0. The van der Waals surface area contributed by atoms with Crippen molar-refractivity contribution in [1.29, 1.82) is 0 Å². The number of carbonyl (C=O) groups is 1. The molecule has 0 saturated heterocycles. The molecular formula is C26H23F7N2O2. The summed E-state index contributed by atoms with van der Waals surface area (Å²) in [7, 11) is 1.40. The van der Waals surface area contributed by atoms with E-state index >= 15 is 0 Å². The van der Waals surface area contributed by atoms with E-state index in [4.69, 9.17) is 0 Å². The minimum absolute atomic E-state index is 0.0884. The van der Waals surface area contributed by atoms with Gasteiger partial charge in [0.2, 0.25) is 5.91 Å². The molecule has 3 aromatic rings. The molecule has 0 spiro atoms. The molecule has 0 radical (unpaired) electrons. The van der Waals surface area contributed by atoms with Crippen LogP contribution in [0.25, 0.3) is 0 Å². The summed E-state index contributed by atoms with van der Waals surface area (Å²) >= 11 is 0. The number of alkyl halides is 6. The van der Waals surface area contributed by atoms with Crippen molar-refractivity contribution in [3.8, 4) is 5.75 Å². The quantitative estimate of drug-likeness (QED) is 0.316. The highest BCUT2D eigenvalue weighted by Crippen LogP contribution is 2.34. The van der Waals surface area contributed by atoms with Crippen molar-refractivity contribution in [2.75, 3.05) is 18.5 Å². The van der Waals surface area contributed by atoms with Crippen LogP contribution in [0.1, 0.15) is 29.2 Å². The summed E-state index contributed by atoms with van der Waals surface area (Å²) in [4.78, 5) is 14.4. The van der Waals surface area contributed by atoms with E-state index in [0.717, 1.165) is 24.3 Å². The lowest BCUT2D eigenvalue weighted by molar-refractivity contribution is -0.275. The summed E-state index contributed by atoms with van der Waals surface area (Å²) in [5, 5.41) is 2.53. The molecule has 0 aliphatic heterocycles. The largest absolute Gasteiger partial charge is 0.573 e. The number of amides is 1. The first-order chi connectivity index (χ1) is 17.4. The Bertz CT molecular complexity index is 1180. The van der Waals surface area contributed by atoms with Crippen LogP contribution < -0.4 is 15.0 Å². The normalized spacial score (nSPS) is 12.6. The number of nitrogens with one attached hydrogen (secondary N) is 1. The molecule has 0 fully saturated rings. The molecule has 0 aliphatic rings. The first-order valence-electron chi connectivity index (χ1n) is 11.1. The Hall–Kier alpha value is -3.76. The zero-order chi connectivity index (χ0) is 27.2. The summed E-state index contributed by atoms with van der Waals surface area (Å²) in [5.41, 5.74) is 0.430. The van der Waals surface area contributed by atoms with Gasteiger partial charge in [-0.2, -0.15) is 13.2 Å². The highest BCUT2D eigenvalue weighted by atomic mass is 19.4. The second-order valence-corrected chi connectivity index (χ2v) is 8.08. The highest BCUT2D eigenvalue weighted by molar-refractivity contribution is 5.86. The molecule has 3 aromatic carbocycles. The third kappa shape index (κ3) is 7.61. The van der Waals surface area contributed by atoms with E-state index in [0.29, 0.717) is 24.0 Å². The van der Waals surface area contributed by atoms with E-state index in [1.165, 1.54) is 30.1 Å². The third-order valence-electron chi connectivity index (χ3n) is 5.54. The molecule has 0 unspecified atom stereocenters. The standard InChI is InChI=1S/C26H23F7N2O2/c1-34-24(36)23(18-7-3-2-4-8-18)35(20-13-14-21(27)22(16-20)37-26(31,32)33)15-5-6-17-9-11-19(12-10-17)25(28,29)30/h2-4,7-14,16,23H,5-6,15H2,1H3,(H,34,36)/t23-/m1/s1. The van der Waals surface area contributed by atoms with Crippen molar-refractivity contribution in [1.82, 2.24) is 5.32 Å². The number of nitrogens with zero attached hydrogens (tertiary/aromatic N) is 1. The summed E-state index contributed by atoms with van der Waals surface area (Å²) in [6.45, 7) is 0.102. The van der Waals surface area contributed by atoms with Crippen LogP contribution in [-0.2, 0) is 17.4 Å². The second kappa shape index (κ2) is 11.5. The average Bonchev–Trinajstić information content (AvgIpc) is 2.84. The van der Waals surface area contributed by atoms with Crippen molar-refractivity contribution in [3.63, 3.8) is 0 Å². The fourth-order valence-corrected chi connectivity index (χ4v) is 3.84. The van der Waals surface area contributed by atoms with Crippen molar-refractivity contribution in [2.24, 2.45) is 0 Å².